The molecule has 0 atom stereocenters. The highest BCUT2D eigenvalue weighted by atomic mass is 32.2. The Morgan fingerprint density at radius 1 is 1.15 bits per heavy atom. The van der Waals surface area contributed by atoms with E-state index in [1.807, 2.05) is 11.0 Å². The van der Waals surface area contributed by atoms with Crippen LogP contribution in [0.25, 0.3) is 0 Å². The van der Waals surface area contributed by atoms with Crippen molar-refractivity contribution in [3.05, 3.63) is 53.3 Å². The minimum atomic E-state index is -3.73. The predicted molar refractivity (Wildman–Crippen MR) is 120 cm³/mol. The van der Waals surface area contributed by atoms with Crippen molar-refractivity contribution in [1.82, 2.24) is 9.62 Å². The van der Waals surface area contributed by atoms with Gasteiger partial charge in [0.05, 0.1) is 33.9 Å². The van der Waals surface area contributed by atoms with Gasteiger partial charge in [-0.3, -0.25) is 4.79 Å². The maximum atomic E-state index is 14.4. The average Bonchev–Trinajstić information content (AvgIpc) is 2.81. The van der Waals surface area contributed by atoms with Gasteiger partial charge in [-0.15, -0.1) is 0 Å². The summed E-state index contributed by atoms with van der Waals surface area (Å²) in [6.45, 7) is 1.48. The molecule has 1 N–H and O–H groups in total. The number of rotatable bonds is 6. The minimum Gasteiger partial charge on any atom is -0.490 e. The van der Waals surface area contributed by atoms with Crippen molar-refractivity contribution < 1.29 is 22.3 Å². The first-order valence-corrected chi connectivity index (χ1v) is 12.3. The van der Waals surface area contributed by atoms with Crippen LogP contribution in [-0.4, -0.2) is 58.6 Å². The summed E-state index contributed by atoms with van der Waals surface area (Å²) in [5, 5.41) is 8.92. The highest BCUT2D eigenvalue weighted by Gasteiger charge is 2.29. The summed E-state index contributed by atoms with van der Waals surface area (Å²) in [6.07, 6.45) is 2.89. The molecule has 0 spiro atoms. The number of ether oxygens (including phenoxy) is 1. The second-order valence-electron chi connectivity index (χ2n) is 8.09. The number of hydrogen-bond donors (Lipinski definition) is 1. The van der Waals surface area contributed by atoms with Crippen molar-refractivity contribution in [1.29, 1.82) is 5.26 Å². The van der Waals surface area contributed by atoms with Gasteiger partial charge in [0.25, 0.3) is 5.91 Å². The van der Waals surface area contributed by atoms with Gasteiger partial charge in [-0.25, -0.2) is 17.5 Å². The fraction of sp³-hybridized carbons (Fsp3) is 0.391. The van der Waals surface area contributed by atoms with Gasteiger partial charge in [0.2, 0.25) is 10.0 Å². The van der Waals surface area contributed by atoms with Gasteiger partial charge in [-0.1, -0.05) is 0 Å². The summed E-state index contributed by atoms with van der Waals surface area (Å²) >= 11 is 0. The van der Waals surface area contributed by atoms with Crippen LogP contribution in [0.4, 0.5) is 10.1 Å². The SMILES string of the molecule is CNS(=O)(=O)c1ccc(OC2CCC2)c(C(=O)N2CCN(c3ccc(C#N)cc3F)CC2)c1. The van der Waals surface area contributed by atoms with Crippen LogP contribution in [0.5, 0.6) is 5.75 Å². The maximum absolute atomic E-state index is 14.4. The van der Waals surface area contributed by atoms with Crippen LogP contribution in [-0.2, 0) is 10.0 Å². The van der Waals surface area contributed by atoms with E-state index in [4.69, 9.17) is 10.00 Å². The predicted octanol–water partition coefficient (Wildman–Crippen LogP) is 2.50. The maximum Gasteiger partial charge on any atom is 0.257 e. The lowest BCUT2D eigenvalue weighted by molar-refractivity contribution is 0.0728. The Hall–Kier alpha value is -3.16. The van der Waals surface area contributed by atoms with Crippen LogP contribution in [0, 0.1) is 17.1 Å². The third-order valence-corrected chi connectivity index (χ3v) is 7.50. The van der Waals surface area contributed by atoms with Gasteiger partial charge in [0.15, 0.2) is 0 Å². The highest BCUT2D eigenvalue weighted by molar-refractivity contribution is 7.89. The van der Waals surface area contributed by atoms with Gasteiger partial charge < -0.3 is 14.5 Å². The third-order valence-electron chi connectivity index (χ3n) is 6.09. The van der Waals surface area contributed by atoms with Gasteiger partial charge >= 0.3 is 0 Å². The van der Waals surface area contributed by atoms with Crippen LogP contribution in [0.3, 0.4) is 0 Å². The monoisotopic (exact) mass is 472 g/mol. The van der Waals surface area contributed by atoms with E-state index in [0.29, 0.717) is 37.6 Å². The fourth-order valence-electron chi connectivity index (χ4n) is 3.89. The van der Waals surface area contributed by atoms with E-state index >= 15 is 0 Å². The van der Waals surface area contributed by atoms with E-state index in [1.54, 1.807) is 17.0 Å². The van der Waals surface area contributed by atoms with Crippen LogP contribution < -0.4 is 14.4 Å². The molecule has 0 bridgehead atoms. The molecule has 4 rings (SSSR count). The number of sulfonamides is 1. The number of hydrogen-bond acceptors (Lipinski definition) is 6. The largest absolute Gasteiger partial charge is 0.490 e. The molecule has 1 saturated heterocycles. The van der Waals surface area contributed by atoms with Crippen molar-refractivity contribution in [2.75, 3.05) is 38.1 Å². The summed E-state index contributed by atoms with van der Waals surface area (Å²) in [5.41, 5.74) is 0.842. The normalized spacial score (nSPS) is 16.8. The van der Waals surface area contributed by atoms with Gasteiger partial charge in [-0.2, -0.15) is 5.26 Å². The van der Waals surface area contributed by atoms with Gasteiger partial charge in [0, 0.05) is 26.2 Å². The number of nitrogens with zero attached hydrogens (tertiary/aromatic N) is 3. The number of nitriles is 1. The first-order chi connectivity index (χ1) is 15.8. The zero-order valence-corrected chi connectivity index (χ0v) is 19.1. The first kappa shape index (κ1) is 23.0. The van der Waals surface area contributed by atoms with Crippen LogP contribution in [0.1, 0.15) is 35.2 Å². The molecule has 10 heteroatoms. The Balaban J connectivity index is 1.53. The van der Waals surface area contributed by atoms with Crippen LogP contribution in [0.15, 0.2) is 41.3 Å². The summed E-state index contributed by atoms with van der Waals surface area (Å²) < 4.78 is 47.2. The Labute approximate surface area is 192 Å². The average molecular weight is 473 g/mol. The van der Waals surface area contributed by atoms with E-state index in [2.05, 4.69) is 4.72 Å². The lowest BCUT2D eigenvalue weighted by Gasteiger charge is -2.36. The molecule has 2 aliphatic rings. The minimum absolute atomic E-state index is 0.00685. The first-order valence-electron chi connectivity index (χ1n) is 10.8. The highest BCUT2D eigenvalue weighted by Crippen LogP contribution is 2.31. The molecule has 2 aromatic carbocycles. The third kappa shape index (κ3) is 4.79. The summed E-state index contributed by atoms with van der Waals surface area (Å²) in [5.74, 6) is -0.423. The molecule has 8 nitrogen and oxygen atoms in total. The fourth-order valence-corrected chi connectivity index (χ4v) is 4.64. The van der Waals surface area contributed by atoms with Crippen LogP contribution >= 0.6 is 0 Å². The number of carbonyl (C=O) groups is 1. The number of amides is 1. The molecular formula is C23H25FN4O4S. The quantitative estimate of drug-likeness (QED) is 0.693. The van der Waals surface area contributed by atoms with Crippen molar-refractivity contribution in [3.8, 4) is 11.8 Å². The van der Waals surface area contributed by atoms with Gasteiger partial charge in [-0.05, 0) is 62.7 Å². The zero-order chi connectivity index (χ0) is 23.6. The van der Waals surface area contributed by atoms with Crippen LogP contribution in [0.2, 0.25) is 0 Å². The smallest absolute Gasteiger partial charge is 0.257 e. The molecule has 1 aliphatic heterocycles. The lowest BCUT2D eigenvalue weighted by atomic mass is 9.96. The summed E-state index contributed by atoms with van der Waals surface area (Å²) in [7, 11) is -2.41. The Morgan fingerprint density at radius 3 is 2.45 bits per heavy atom. The van der Waals surface area contributed by atoms with E-state index in [-0.39, 0.29) is 28.0 Å². The molecular weight excluding hydrogens is 447 g/mol. The summed E-state index contributed by atoms with van der Waals surface area (Å²) in [4.78, 5) is 16.8. The number of anilines is 1. The molecule has 1 saturated carbocycles. The number of nitrogens with one attached hydrogen (secondary N) is 1. The molecule has 0 aromatic heterocycles. The molecule has 0 unspecified atom stereocenters. The van der Waals surface area contributed by atoms with Crippen molar-refractivity contribution in [2.45, 2.75) is 30.3 Å². The number of halogens is 1. The number of piperazine rings is 1. The van der Waals surface area contributed by atoms with Gasteiger partial charge in [0.1, 0.15) is 11.6 Å². The topological polar surface area (TPSA) is 103 Å². The molecule has 33 heavy (non-hydrogen) atoms. The number of benzene rings is 2. The van der Waals surface area contributed by atoms with Crippen molar-refractivity contribution >= 4 is 21.6 Å². The lowest BCUT2D eigenvalue weighted by Crippen LogP contribution is -2.49. The second kappa shape index (κ2) is 9.37. The Kier molecular flexibility index (Phi) is 6.54. The van der Waals surface area contributed by atoms with Crippen molar-refractivity contribution in [2.24, 2.45) is 0 Å². The molecule has 1 amide bonds. The van der Waals surface area contributed by atoms with E-state index in [0.717, 1.165) is 19.3 Å². The second-order valence-corrected chi connectivity index (χ2v) is 9.98. The van der Waals surface area contributed by atoms with E-state index < -0.39 is 15.8 Å². The number of carbonyl (C=O) groups excluding carboxylic acids is 1. The molecule has 174 valence electrons. The molecule has 1 aliphatic carbocycles. The van der Waals surface area contributed by atoms with E-state index in [9.17, 15) is 17.6 Å². The molecule has 2 aromatic rings. The zero-order valence-electron chi connectivity index (χ0n) is 18.3. The van der Waals surface area contributed by atoms with Crippen molar-refractivity contribution in [3.63, 3.8) is 0 Å². The summed E-state index contributed by atoms with van der Waals surface area (Å²) in [6, 6.07) is 10.6. The molecule has 0 radical (unpaired) electrons. The molecule has 2 fully saturated rings. The standard InChI is InChI=1S/C23H25FN4O4S/c1-26-33(30,31)18-6-8-22(32-17-3-2-4-17)19(14-18)23(29)28-11-9-27(10-12-28)21-7-5-16(15-25)13-20(21)24/h5-8,13-14,17,26H,2-4,9-12H2,1H3. The Morgan fingerprint density at radius 2 is 1.88 bits per heavy atom. The Bertz CT molecular complexity index is 1200. The molecule has 1 heterocycles. The van der Waals surface area contributed by atoms with E-state index in [1.165, 1.54) is 31.3 Å².